The summed E-state index contributed by atoms with van der Waals surface area (Å²) in [4.78, 5) is 2.36. The fourth-order valence-corrected chi connectivity index (χ4v) is 1.82. The number of nitrogens with zero attached hydrogens (tertiary/aromatic N) is 2. The number of hydrogen-bond acceptors (Lipinski definition) is 4. The summed E-state index contributed by atoms with van der Waals surface area (Å²) < 4.78 is 5.31. The average molecular weight is 221 g/mol. The zero-order valence-electron chi connectivity index (χ0n) is 9.78. The molecule has 0 aromatic carbocycles. The van der Waals surface area contributed by atoms with Crippen LogP contribution in [-0.4, -0.2) is 29.7 Å². The quantitative estimate of drug-likeness (QED) is 0.766. The third-order valence-electron chi connectivity index (χ3n) is 2.69. The number of nitrogens with one attached hydrogen (secondary N) is 1. The Morgan fingerprint density at radius 2 is 2.44 bits per heavy atom. The molecule has 0 atom stereocenters. The lowest BCUT2D eigenvalue weighted by Crippen LogP contribution is -2.26. The first-order valence-electron chi connectivity index (χ1n) is 5.91. The van der Waals surface area contributed by atoms with Crippen molar-refractivity contribution in [2.45, 2.75) is 26.4 Å². The third-order valence-corrected chi connectivity index (χ3v) is 2.69. The van der Waals surface area contributed by atoms with Gasteiger partial charge >= 0.3 is 0 Å². The van der Waals surface area contributed by atoms with Crippen molar-refractivity contribution in [3.05, 3.63) is 29.7 Å². The van der Waals surface area contributed by atoms with Crippen molar-refractivity contribution >= 4 is 0 Å². The molecule has 1 aromatic rings. The monoisotopic (exact) mass is 221 g/mol. The lowest BCUT2D eigenvalue weighted by molar-refractivity contribution is 0.248. The van der Waals surface area contributed by atoms with E-state index in [0.717, 1.165) is 50.6 Å². The van der Waals surface area contributed by atoms with E-state index in [1.54, 1.807) is 0 Å². The SMILES string of the molecule is CCNCc1cc(CN2CC=CCC2)on1. The Labute approximate surface area is 96.3 Å². The molecule has 88 valence electrons. The zero-order chi connectivity index (χ0) is 11.2. The van der Waals surface area contributed by atoms with Crippen LogP contribution in [-0.2, 0) is 13.1 Å². The second kappa shape index (κ2) is 5.82. The Kier molecular flexibility index (Phi) is 4.13. The van der Waals surface area contributed by atoms with Crippen LogP contribution in [0.15, 0.2) is 22.7 Å². The maximum Gasteiger partial charge on any atom is 0.151 e. The van der Waals surface area contributed by atoms with Gasteiger partial charge in [0.1, 0.15) is 0 Å². The highest BCUT2D eigenvalue weighted by atomic mass is 16.5. The number of aromatic nitrogens is 1. The summed E-state index contributed by atoms with van der Waals surface area (Å²) in [5.41, 5.74) is 0.990. The van der Waals surface area contributed by atoms with Crippen LogP contribution in [0.5, 0.6) is 0 Å². The molecule has 0 aliphatic carbocycles. The Morgan fingerprint density at radius 1 is 1.50 bits per heavy atom. The van der Waals surface area contributed by atoms with Gasteiger partial charge in [0.15, 0.2) is 5.76 Å². The highest BCUT2D eigenvalue weighted by molar-refractivity contribution is 5.06. The maximum atomic E-state index is 5.31. The molecule has 0 radical (unpaired) electrons. The summed E-state index contributed by atoms with van der Waals surface area (Å²) in [6.45, 7) is 6.83. The van der Waals surface area contributed by atoms with Gasteiger partial charge in [-0.05, 0) is 13.0 Å². The van der Waals surface area contributed by atoms with Crippen molar-refractivity contribution in [1.82, 2.24) is 15.4 Å². The predicted molar refractivity (Wildman–Crippen MR) is 62.9 cm³/mol. The standard InChI is InChI=1S/C12H19N3O/c1-2-13-9-11-8-12(16-14-11)10-15-6-4-3-5-7-15/h3-4,8,13H,2,5-7,9-10H2,1H3. The summed E-state index contributed by atoms with van der Waals surface area (Å²) in [6, 6.07) is 2.04. The molecule has 16 heavy (non-hydrogen) atoms. The van der Waals surface area contributed by atoms with Crippen LogP contribution in [0.4, 0.5) is 0 Å². The van der Waals surface area contributed by atoms with Crippen LogP contribution >= 0.6 is 0 Å². The molecule has 4 heteroatoms. The van der Waals surface area contributed by atoms with Crippen molar-refractivity contribution in [2.75, 3.05) is 19.6 Å². The van der Waals surface area contributed by atoms with Gasteiger partial charge in [-0.25, -0.2) is 0 Å². The zero-order valence-corrected chi connectivity index (χ0v) is 9.78. The molecule has 0 spiro atoms. The summed E-state index contributed by atoms with van der Waals surface area (Å²) in [5.74, 6) is 0.961. The number of hydrogen-bond donors (Lipinski definition) is 1. The molecule has 0 unspecified atom stereocenters. The molecule has 2 heterocycles. The highest BCUT2D eigenvalue weighted by Gasteiger charge is 2.10. The van der Waals surface area contributed by atoms with Gasteiger partial charge in [-0.3, -0.25) is 4.90 Å². The Morgan fingerprint density at radius 3 is 3.19 bits per heavy atom. The summed E-state index contributed by atoms with van der Waals surface area (Å²) >= 11 is 0. The van der Waals surface area contributed by atoms with E-state index >= 15 is 0 Å². The van der Waals surface area contributed by atoms with Crippen LogP contribution in [0.3, 0.4) is 0 Å². The van der Waals surface area contributed by atoms with Gasteiger partial charge < -0.3 is 9.84 Å². The number of rotatable bonds is 5. The molecule has 1 N–H and O–H groups in total. The molecule has 1 aromatic heterocycles. The molecule has 0 fully saturated rings. The summed E-state index contributed by atoms with van der Waals surface area (Å²) in [6.07, 6.45) is 5.57. The third kappa shape index (κ3) is 3.18. The summed E-state index contributed by atoms with van der Waals surface area (Å²) in [7, 11) is 0. The Hall–Kier alpha value is -1.13. The van der Waals surface area contributed by atoms with Gasteiger partial charge in [-0.2, -0.15) is 0 Å². The molecule has 4 nitrogen and oxygen atoms in total. The largest absolute Gasteiger partial charge is 0.360 e. The molecule has 0 bridgehead atoms. The van der Waals surface area contributed by atoms with Gasteiger partial charge in [0.2, 0.25) is 0 Å². The van der Waals surface area contributed by atoms with Crippen LogP contribution < -0.4 is 5.32 Å². The van der Waals surface area contributed by atoms with Crippen molar-refractivity contribution in [3.63, 3.8) is 0 Å². The molecule has 1 aliphatic heterocycles. The minimum atomic E-state index is 0.792. The van der Waals surface area contributed by atoms with Gasteiger partial charge in [0.25, 0.3) is 0 Å². The van der Waals surface area contributed by atoms with Crippen LogP contribution in [0.25, 0.3) is 0 Å². The minimum absolute atomic E-state index is 0.792. The van der Waals surface area contributed by atoms with Crippen LogP contribution in [0.1, 0.15) is 24.8 Å². The molecule has 1 aliphatic rings. The first kappa shape index (κ1) is 11.4. The van der Waals surface area contributed by atoms with Crippen LogP contribution in [0.2, 0.25) is 0 Å². The fourth-order valence-electron chi connectivity index (χ4n) is 1.82. The van der Waals surface area contributed by atoms with Crippen molar-refractivity contribution in [3.8, 4) is 0 Å². The Bertz CT molecular complexity index is 346. The van der Waals surface area contributed by atoms with Gasteiger partial charge in [-0.1, -0.05) is 24.2 Å². The maximum absolute atomic E-state index is 5.31. The van der Waals surface area contributed by atoms with Crippen molar-refractivity contribution in [1.29, 1.82) is 0 Å². The van der Waals surface area contributed by atoms with Gasteiger partial charge in [-0.15, -0.1) is 0 Å². The van der Waals surface area contributed by atoms with E-state index in [0.29, 0.717) is 0 Å². The van der Waals surface area contributed by atoms with E-state index in [4.69, 9.17) is 4.52 Å². The second-order valence-electron chi connectivity index (χ2n) is 4.06. The highest BCUT2D eigenvalue weighted by Crippen LogP contribution is 2.10. The lowest BCUT2D eigenvalue weighted by Gasteiger charge is -2.20. The molecule has 2 rings (SSSR count). The fraction of sp³-hybridized carbons (Fsp3) is 0.583. The van der Waals surface area contributed by atoms with E-state index < -0.39 is 0 Å². The minimum Gasteiger partial charge on any atom is -0.360 e. The van der Waals surface area contributed by atoms with E-state index in [9.17, 15) is 0 Å². The van der Waals surface area contributed by atoms with Crippen molar-refractivity contribution in [2.24, 2.45) is 0 Å². The van der Waals surface area contributed by atoms with E-state index in [1.165, 1.54) is 0 Å². The smallest absolute Gasteiger partial charge is 0.151 e. The molecular weight excluding hydrogens is 202 g/mol. The second-order valence-corrected chi connectivity index (χ2v) is 4.06. The average Bonchev–Trinajstić information content (AvgIpc) is 2.75. The predicted octanol–water partition coefficient (Wildman–Crippen LogP) is 1.55. The summed E-state index contributed by atoms with van der Waals surface area (Å²) in [5, 5.41) is 7.27. The van der Waals surface area contributed by atoms with E-state index in [1.807, 2.05) is 6.07 Å². The Balaban J connectivity index is 1.84. The topological polar surface area (TPSA) is 41.3 Å². The first-order chi connectivity index (χ1) is 7.88. The van der Waals surface area contributed by atoms with Gasteiger partial charge in [0.05, 0.1) is 12.2 Å². The molecule has 0 saturated heterocycles. The van der Waals surface area contributed by atoms with Crippen LogP contribution in [0, 0.1) is 0 Å². The lowest BCUT2D eigenvalue weighted by atomic mass is 10.2. The molecule has 0 saturated carbocycles. The van der Waals surface area contributed by atoms with Crippen molar-refractivity contribution < 1.29 is 4.52 Å². The molecular formula is C12H19N3O. The van der Waals surface area contributed by atoms with E-state index in [2.05, 4.69) is 34.4 Å². The van der Waals surface area contributed by atoms with Gasteiger partial charge in [0, 0.05) is 25.7 Å². The first-order valence-corrected chi connectivity index (χ1v) is 5.91. The normalized spacial score (nSPS) is 16.8. The molecule has 0 amide bonds. The van der Waals surface area contributed by atoms with E-state index in [-0.39, 0.29) is 0 Å².